The van der Waals surface area contributed by atoms with Crippen LogP contribution in [0.2, 0.25) is 0 Å². The van der Waals surface area contributed by atoms with Gasteiger partial charge in [0.25, 0.3) is 0 Å². The first-order valence-corrected chi connectivity index (χ1v) is 10.9. The van der Waals surface area contributed by atoms with Crippen molar-refractivity contribution in [1.82, 2.24) is 15.5 Å². The molecule has 0 aromatic heterocycles. The Morgan fingerprint density at radius 2 is 2.03 bits per heavy atom. The van der Waals surface area contributed by atoms with E-state index in [4.69, 9.17) is 9.47 Å². The van der Waals surface area contributed by atoms with Gasteiger partial charge in [0.05, 0.1) is 19.3 Å². The molecule has 2 saturated heterocycles. The third-order valence-corrected chi connectivity index (χ3v) is 5.85. The first-order valence-electron chi connectivity index (χ1n) is 10.9. The second kappa shape index (κ2) is 12.8. The molecule has 0 unspecified atom stereocenters. The SMILES string of the molecule is CCNC(=NCC1(O)CCOCC1)NC1CCN(Cc2ccc(OC)c(F)c2)CC1.I. The van der Waals surface area contributed by atoms with Gasteiger partial charge in [-0.05, 0) is 37.5 Å². The number of guanidine groups is 1. The van der Waals surface area contributed by atoms with Gasteiger partial charge in [-0.1, -0.05) is 6.07 Å². The number of likely N-dealkylation sites (tertiary alicyclic amines) is 1. The topological polar surface area (TPSA) is 78.4 Å². The molecule has 2 heterocycles. The number of piperidine rings is 1. The number of aliphatic hydroxyl groups is 1. The van der Waals surface area contributed by atoms with Gasteiger partial charge < -0.3 is 25.2 Å². The molecule has 0 spiro atoms. The zero-order valence-corrected chi connectivity index (χ0v) is 20.9. The molecule has 7 nitrogen and oxygen atoms in total. The molecule has 3 rings (SSSR count). The quantitative estimate of drug-likeness (QED) is 0.275. The summed E-state index contributed by atoms with van der Waals surface area (Å²) in [5.74, 6) is 0.722. The van der Waals surface area contributed by atoms with Crippen molar-refractivity contribution in [3.63, 3.8) is 0 Å². The average Bonchev–Trinajstić information content (AvgIpc) is 2.74. The van der Waals surface area contributed by atoms with Crippen molar-refractivity contribution < 1.29 is 19.0 Å². The van der Waals surface area contributed by atoms with Crippen LogP contribution in [0.25, 0.3) is 0 Å². The molecule has 1 aromatic carbocycles. The Labute approximate surface area is 201 Å². The largest absolute Gasteiger partial charge is 0.494 e. The van der Waals surface area contributed by atoms with Crippen LogP contribution in [-0.4, -0.2) is 74.1 Å². The summed E-state index contributed by atoms with van der Waals surface area (Å²) in [6, 6.07) is 5.49. The van der Waals surface area contributed by atoms with Crippen molar-refractivity contribution in [2.24, 2.45) is 4.99 Å². The lowest BCUT2D eigenvalue weighted by Crippen LogP contribution is -2.49. The van der Waals surface area contributed by atoms with Crippen LogP contribution in [0.3, 0.4) is 0 Å². The van der Waals surface area contributed by atoms with Gasteiger partial charge in [-0.2, -0.15) is 0 Å². The van der Waals surface area contributed by atoms with E-state index in [-0.39, 0.29) is 35.5 Å². The molecule has 1 aromatic rings. The van der Waals surface area contributed by atoms with E-state index in [1.54, 1.807) is 12.1 Å². The molecule has 0 bridgehead atoms. The highest BCUT2D eigenvalue weighted by Gasteiger charge is 2.30. The number of methoxy groups -OCH3 is 1. The van der Waals surface area contributed by atoms with Crippen LogP contribution >= 0.6 is 24.0 Å². The molecule has 176 valence electrons. The molecular weight excluding hydrogens is 514 g/mol. The minimum Gasteiger partial charge on any atom is -0.494 e. The number of aliphatic imine (C=N–C) groups is 1. The maximum atomic E-state index is 13.9. The van der Waals surface area contributed by atoms with Crippen LogP contribution in [0.1, 0.15) is 38.2 Å². The van der Waals surface area contributed by atoms with Gasteiger partial charge in [-0.15, -0.1) is 24.0 Å². The van der Waals surface area contributed by atoms with Gasteiger partial charge in [0.2, 0.25) is 0 Å². The molecule has 31 heavy (non-hydrogen) atoms. The van der Waals surface area contributed by atoms with Gasteiger partial charge in [0.1, 0.15) is 0 Å². The zero-order valence-electron chi connectivity index (χ0n) is 18.5. The summed E-state index contributed by atoms with van der Waals surface area (Å²) >= 11 is 0. The molecule has 3 N–H and O–H groups in total. The van der Waals surface area contributed by atoms with Gasteiger partial charge in [-0.25, -0.2) is 4.39 Å². The number of halogens is 2. The van der Waals surface area contributed by atoms with Crippen molar-refractivity contribution in [3.05, 3.63) is 29.6 Å². The number of rotatable bonds is 7. The highest BCUT2D eigenvalue weighted by molar-refractivity contribution is 14.0. The lowest BCUT2D eigenvalue weighted by Gasteiger charge is -2.34. The fourth-order valence-corrected chi connectivity index (χ4v) is 3.95. The smallest absolute Gasteiger partial charge is 0.191 e. The third-order valence-electron chi connectivity index (χ3n) is 5.85. The van der Waals surface area contributed by atoms with E-state index in [0.29, 0.717) is 38.6 Å². The van der Waals surface area contributed by atoms with Crippen molar-refractivity contribution in [1.29, 1.82) is 0 Å². The number of hydrogen-bond donors (Lipinski definition) is 3. The minimum absolute atomic E-state index is 0. The van der Waals surface area contributed by atoms with Crippen LogP contribution in [0.5, 0.6) is 5.75 Å². The van der Waals surface area contributed by atoms with Gasteiger partial charge in [0, 0.05) is 58.3 Å². The maximum absolute atomic E-state index is 13.9. The third kappa shape index (κ3) is 8.03. The molecule has 2 aliphatic heterocycles. The summed E-state index contributed by atoms with van der Waals surface area (Å²) < 4.78 is 24.2. The van der Waals surface area contributed by atoms with Crippen LogP contribution in [0.4, 0.5) is 4.39 Å². The molecule has 0 radical (unpaired) electrons. The lowest BCUT2D eigenvalue weighted by molar-refractivity contribution is -0.0566. The number of nitrogens with one attached hydrogen (secondary N) is 2. The molecule has 9 heteroatoms. The molecule has 0 atom stereocenters. The van der Waals surface area contributed by atoms with E-state index in [1.165, 1.54) is 7.11 Å². The van der Waals surface area contributed by atoms with E-state index >= 15 is 0 Å². The molecule has 0 saturated carbocycles. The summed E-state index contributed by atoms with van der Waals surface area (Å²) in [4.78, 5) is 6.98. The maximum Gasteiger partial charge on any atom is 0.191 e. The minimum atomic E-state index is -0.766. The Kier molecular flexibility index (Phi) is 10.7. The monoisotopic (exact) mass is 550 g/mol. The van der Waals surface area contributed by atoms with Crippen LogP contribution in [0.15, 0.2) is 23.2 Å². The molecular formula is C22H36FIN4O3. The fraction of sp³-hybridized carbons (Fsp3) is 0.682. The van der Waals surface area contributed by atoms with Crippen LogP contribution in [-0.2, 0) is 11.3 Å². The van der Waals surface area contributed by atoms with E-state index in [0.717, 1.165) is 50.5 Å². The second-order valence-corrected chi connectivity index (χ2v) is 8.20. The number of nitrogens with zero attached hydrogens (tertiary/aromatic N) is 2. The van der Waals surface area contributed by atoms with Crippen LogP contribution in [0, 0.1) is 5.82 Å². The average molecular weight is 550 g/mol. The number of hydrogen-bond acceptors (Lipinski definition) is 5. The van der Waals surface area contributed by atoms with Crippen molar-refractivity contribution in [2.75, 3.05) is 46.5 Å². The fourth-order valence-electron chi connectivity index (χ4n) is 3.95. The Balaban J connectivity index is 0.00000341. The summed E-state index contributed by atoms with van der Waals surface area (Å²) in [6.07, 6.45) is 3.23. The van der Waals surface area contributed by atoms with Crippen LogP contribution < -0.4 is 15.4 Å². The van der Waals surface area contributed by atoms with Gasteiger partial charge in [0.15, 0.2) is 17.5 Å². The Bertz CT molecular complexity index is 708. The zero-order chi connectivity index (χ0) is 21.4. The predicted molar refractivity (Wildman–Crippen MR) is 131 cm³/mol. The summed E-state index contributed by atoms with van der Waals surface area (Å²) in [5, 5.41) is 17.4. The summed E-state index contributed by atoms with van der Waals surface area (Å²) in [6.45, 7) is 6.98. The van der Waals surface area contributed by atoms with Crippen molar-refractivity contribution >= 4 is 29.9 Å². The van der Waals surface area contributed by atoms with Crippen molar-refractivity contribution in [3.8, 4) is 5.75 Å². The van der Waals surface area contributed by atoms with E-state index in [2.05, 4.69) is 20.5 Å². The van der Waals surface area contributed by atoms with Gasteiger partial charge in [-0.3, -0.25) is 9.89 Å². The number of benzene rings is 1. The molecule has 2 aliphatic rings. The van der Waals surface area contributed by atoms with Crippen molar-refractivity contribution in [2.45, 2.75) is 50.8 Å². The molecule has 0 aliphatic carbocycles. The lowest BCUT2D eigenvalue weighted by atomic mass is 9.95. The van der Waals surface area contributed by atoms with E-state index in [9.17, 15) is 9.50 Å². The molecule has 0 amide bonds. The highest BCUT2D eigenvalue weighted by Crippen LogP contribution is 2.21. The first-order chi connectivity index (χ1) is 14.5. The van der Waals surface area contributed by atoms with Gasteiger partial charge >= 0.3 is 0 Å². The van der Waals surface area contributed by atoms with E-state index < -0.39 is 5.60 Å². The highest BCUT2D eigenvalue weighted by atomic mass is 127. The first kappa shape index (κ1) is 26.1. The predicted octanol–water partition coefficient (Wildman–Crippen LogP) is 2.51. The Hall–Kier alpha value is -1.17. The Morgan fingerprint density at radius 1 is 1.32 bits per heavy atom. The molecule has 2 fully saturated rings. The Morgan fingerprint density at radius 3 is 2.65 bits per heavy atom. The second-order valence-electron chi connectivity index (χ2n) is 8.20. The van der Waals surface area contributed by atoms with E-state index in [1.807, 2.05) is 13.0 Å². The summed E-state index contributed by atoms with van der Waals surface area (Å²) in [5.41, 5.74) is 0.191. The number of ether oxygens (including phenoxy) is 2. The summed E-state index contributed by atoms with van der Waals surface area (Å²) in [7, 11) is 1.48. The normalized spacial score (nSPS) is 20.1. The standard InChI is InChI=1S/C22H35FN4O3.HI/c1-3-24-21(25-16-22(28)8-12-30-13-9-22)26-18-6-10-27(11-7-18)15-17-4-5-20(29-2)19(23)14-17;/h4-5,14,18,28H,3,6-13,15-16H2,1-2H3,(H2,24,25,26);1H.